The molecule has 0 saturated carbocycles. The van der Waals surface area contributed by atoms with Crippen molar-refractivity contribution in [2.24, 2.45) is 5.10 Å². The van der Waals surface area contributed by atoms with Gasteiger partial charge in [0, 0.05) is 10.0 Å². The average molecular weight is 305 g/mol. The molecule has 0 atom stereocenters. The number of hydrazone groups is 1. The van der Waals surface area contributed by atoms with Gasteiger partial charge in [-0.15, -0.1) is 0 Å². The number of Topliss-reactive ketones (excluding diaryl/α,β-unsaturated/α-hetero) is 1. The first-order valence-corrected chi connectivity index (χ1v) is 5.74. The second-order valence-electron chi connectivity index (χ2n) is 3.50. The predicted octanol–water partition coefficient (Wildman–Crippen LogP) is 2.78. The quantitative estimate of drug-likeness (QED) is 0.528. The molecule has 0 unspecified atom stereocenters. The molecule has 5 nitrogen and oxygen atoms in total. The molecule has 0 heterocycles. The Kier molecular flexibility index (Phi) is 4.59. The lowest BCUT2D eigenvalue weighted by molar-refractivity contribution is 0.101. The number of nitriles is 2. The van der Waals surface area contributed by atoms with Crippen molar-refractivity contribution in [3.63, 3.8) is 0 Å². The number of aryl methyl sites for hydroxylation is 1. The number of carbonyl (C=O) groups excluding carboxylic acids is 1. The molecule has 90 valence electrons. The highest BCUT2D eigenvalue weighted by atomic mass is 79.9. The molecule has 0 aliphatic rings. The van der Waals surface area contributed by atoms with Crippen LogP contribution in [-0.2, 0) is 0 Å². The first-order chi connectivity index (χ1) is 8.49. The van der Waals surface area contributed by atoms with Crippen molar-refractivity contribution in [2.45, 2.75) is 13.8 Å². The smallest absolute Gasteiger partial charge is 0.237 e. The molecule has 1 N–H and O–H groups in total. The van der Waals surface area contributed by atoms with E-state index in [0.717, 1.165) is 10.0 Å². The van der Waals surface area contributed by atoms with E-state index in [1.807, 2.05) is 6.92 Å². The molecule has 0 aromatic heterocycles. The number of anilines is 1. The van der Waals surface area contributed by atoms with E-state index >= 15 is 0 Å². The third-order valence-corrected chi connectivity index (χ3v) is 3.03. The standard InChI is InChI=1S/C12H9BrN4O/c1-7-3-12(17-16-9(5-14)6-15)10(8(2)18)4-11(7)13/h3-4,17H,1-2H3. The van der Waals surface area contributed by atoms with Gasteiger partial charge in [0.1, 0.15) is 12.1 Å². The van der Waals surface area contributed by atoms with Gasteiger partial charge in [-0.1, -0.05) is 15.9 Å². The van der Waals surface area contributed by atoms with Crippen molar-refractivity contribution in [3.05, 3.63) is 27.7 Å². The van der Waals surface area contributed by atoms with Crippen LogP contribution in [0.25, 0.3) is 0 Å². The Bertz CT molecular complexity index is 592. The van der Waals surface area contributed by atoms with Crippen LogP contribution in [0.3, 0.4) is 0 Å². The van der Waals surface area contributed by atoms with Gasteiger partial charge in [-0.25, -0.2) is 0 Å². The van der Waals surface area contributed by atoms with E-state index in [1.165, 1.54) is 6.92 Å². The molecule has 1 aromatic carbocycles. The number of benzene rings is 1. The van der Waals surface area contributed by atoms with Gasteiger partial charge in [0.25, 0.3) is 0 Å². The van der Waals surface area contributed by atoms with Crippen molar-refractivity contribution in [3.8, 4) is 12.1 Å². The highest BCUT2D eigenvalue weighted by Crippen LogP contribution is 2.25. The van der Waals surface area contributed by atoms with Crippen LogP contribution in [0.1, 0.15) is 22.8 Å². The monoisotopic (exact) mass is 304 g/mol. The van der Waals surface area contributed by atoms with E-state index in [-0.39, 0.29) is 11.5 Å². The first-order valence-electron chi connectivity index (χ1n) is 4.94. The molecular formula is C12H9BrN4O. The molecule has 0 aliphatic carbocycles. The van der Waals surface area contributed by atoms with E-state index in [9.17, 15) is 4.79 Å². The number of ketones is 1. The molecule has 18 heavy (non-hydrogen) atoms. The zero-order valence-corrected chi connectivity index (χ0v) is 11.4. The zero-order chi connectivity index (χ0) is 13.7. The number of hydrogen-bond acceptors (Lipinski definition) is 5. The molecule has 0 spiro atoms. The van der Waals surface area contributed by atoms with E-state index in [1.54, 1.807) is 24.3 Å². The molecular weight excluding hydrogens is 296 g/mol. The molecule has 0 bridgehead atoms. The third-order valence-electron chi connectivity index (χ3n) is 2.18. The summed E-state index contributed by atoms with van der Waals surface area (Å²) in [5, 5.41) is 20.7. The number of rotatable bonds is 3. The van der Waals surface area contributed by atoms with E-state index in [0.29, 0.717) is 11.3 Å². The summed E-state index contributed by atoms with van der Waals surface area (Å²) in [4.78, 5) is 11.5. The summed E-state index contributed by atoms with van der Waals surface area (Å²) in [6, 6.07) is 6.65. The summed E-state index contributed by atoms with van der Waals surface area (Å²) in [6.07, 6.45) is 0. The molecule has 6 heteroatoms. The lowest BCUT2D eigenvalue weighted by atomic mass is 10.1. The molecule has 1 aromatic rings. The molecule has 0 amide bonds. The maximum atomic E-state index is 11.5. The van der Waals surface area contributed by atoms with E-state index in [4.69, 9.17) is 10.5 Å². The fourth-order valence-electron chi connectivity index (χ4n) is 1.26. The van der Waals surface area contributed by atoms with Gasteiger partial charge in [0.2, 0.25) is 5.71 Å². The van der Waals surface area contributed by atoms with Gasteiger partial charge in [-0.3, -0.25) is 10.2 Å². The zero-order valence-electron chi connectivity index (χ0n) is 9.78. The number of carbonyl (C=O) groups is 1. The van der Waals surface area contributed by atoms with Crippen LogP contribution in [0.5, 0.6) is 0 Å². The van der Waals surface area contributed by atoms with Crippen LogP contribution in [-0.4, -0.2) is 11.5 Å². The highest BCUT2D eigenvalue weighted by Gasteiger charge is 2.10. The van der Waals surface area contributed by atoms with Crippen LogP contribution < -0.4 is 5.43 Å². The first kappa shape index (κ1) is 13.9. The Balaban J connectivity index is 3.21. The Morgan fingerprint density at radius 1 is 1.39 bits per heavy atom. The van der Waals surface area contributed by atoms with Crippen molar-refractivity contribution >= 4 is 33.1 Å². The fraction of sp³-hybridized carbons (Fsp3) is 0.167. The molecule has 0 saturated heterocycles. The van der Waals surface area contributed by atoms with Crippen LogP contribution >= 0.6 is 15.9 Å². The molecule has 0 radical (unpaired) electrons. The van der Waals surface area contributed by atoms with Gasteiger partial charge in [-0.05, 0) is 31.5 Å². The topological polar surface area (TPSA) is 89.0 Å². The number of nitrogens with one attached hydrogen (secondary N) is 1. The van der Waals surface area contributed by atoms with Gasteiger partial charge in [0.05, 0.1) is 5.69 Å². The summed E-state index contributed by atoms with van der Waals surface area (Å²) in [7, 11) is 0. The molecule has 0 aliphatic heterocycles. The average Bonchev–Trinajstić information content (AvgIpc) is 2.34. The minimum atomic E-state index is -0.301. The Hall–Kier alpha value is -2.18. The van der Waals surface area contributed by atoms with Crippen molar-refractivity contribution in [2.75, 3.05) is 5.43 Å². The van der Waals surface area contributed by atoms with Crippen molar-refractivity contribution in [1.29, 1.82) is 10.5 Å². The van der Waals surface area contributed by atoms with Crippen LogP contribution in [0.2, 0.25) is 0 Å². The van der Waals surface area contributed by atoms with Crippen LogP contribution in [0, 0.1) is 29.6 Å². The van der Waals surface area contributed by atoms with E-state index < -0.39 is 0 Å². The minimum Gasteiger partial charge on any atom is -0.294 e. The molecule has 1 rings (SSSR count). The lowest BCUT2D eigenvalue weighted by Crippen LogP contribution is -2.03. The second kappa shape index (κ2) is 5.95. The van der Waals surface area contributed by atoms with Gasteiger partial charge >= 0.3 is 0 Å². The van der Waals surface area contributed by atoms with Crippen molar-refractivity contribution in [1.82, 2.24) is 0 Å². The largest absolute Gasteiger partial charge is 0.294 e. The highest BCUT2D eigenvalue weighted by molar-refractivity contribution is 9.10. The Morgan fingerprint density at radius 2 is 2.00 bits per heavy atom. The number of nitrogens with zero attached hydrogens (tertiary/aromatic N) is 3. The van der Waals surface area contributed by atoms with E-state index in [2.05, 4.69) is 26.5 Å². The number of hydrogen-bond donors (Lipinski definition) is 1. The Morgan fingerprint density at radius 3 is 2.50 bits per heavy atom. The third kappa shape index (κ3) is 3.16. The van der Waals surface area contributed by atoms with Crippen LogP contribution in [0.15, 0.2) is 21.7 Å². The van der Waals surface area contributed by atoms with Gasteiger partial charge in [0.15, 0.2) is 5.78 Å². The van der Waals surface area contributed by atoms with Gasteiger partial charge < -0.3 is 0 Å². The summed E-state index contributed by atoms with van der Waals surface area (Å²) >= 11 is 3.34. The summed E-state index contributed by atoms with van der Waals surface area (Å²) in [6.45, 7) is 3.29. The summed E-state index contributed by atoms with van der Waals surface area (Å²) < 4.78 is 0.808. The fourth-order valence-corrected chi connectivity index (χ4v) is 1.60. The van der Waals surface area contributed by atoms with Crippen LogP contribution in [0.4, 0.5) is 5.69 Å². The predicted molar refractivity (Wildman–Crippen MR) is 71.2 cm³/mol. The SMILES string of the molecule is CC(=O)c1cc(Br)c(C)cc1NN=C(C#N)C#N. The summed E-state index contributed by atoms with van der Waals surface area (Å²) in [5.41, 5.74) is 4.08. The number of halogens is 1. The second-order valence-corrected chi connectivity index (χ2v) is 4.35. The summed E-state index contributed by atoms with van der Waals surface area (Å²) in [5.74, 6) is -0.135. The van der Waals surface area contributed by atoms with Crippen molar-refractivity contribution < 1.29 is 4.79 Å². The lowest BCUT2D eigenvalue weighted by Gasteiger charge is -2.09. The maximum absolute atomic E-state index is 11.5. The minimum absolute atomic E-state index is 0.135. The molecule has 0 fully saturated rings. The Labute approximate surface area is 113 Å². The maximum Gasteiger partial charge on any atom is 0.237 e. The normalized spacial score (nSPS) is 8.94. The van der Waals surface area contributed by atoms with Gasteiger partial charge in [-0.2, -0.15) is 15.6 Å².